The van der Waals surface area contributed by atoms with Crippen LogP contribution in [-0.2, 0) is 38.0 Å². The summed E-state index contributed by atoms with van der Waals surface area (Å²) in [4.78, 5) is 57.7. The summed E-state index contributed by atoms with van der Waals surface area (Å²) in [7, 11) is 5.59. The third-order valence-corrected chi connectivity index (χ3v) is 11.3. The molecule has 0 N–H and O–H groups in total. The van der Waals surface area contributed by atoms with Gasteiger partial charge in [0, 0.05) is 37.3 Å². The Hall–Kier alpha value is -2.54. The third kappa shape index (κ3) is 5.99. The second-order valence-electron chi connectivity index (χ2n) is 14.5. The van der Waals surface area contributed by atoms with Gasteiger partial charge >= 0.3 is 18.2 Å². The van der Waals surface area contributed by atoms with Gasteiger partial charge in [0.1, 0.15) is 17.6 Å². The molecule has 12 heteroatoms. The topological polar surface area (TPSA) is 130 Å². The number of fused-ring (bicyclic) bond motifs is 1. The first-order chi connectivity index (χ1) is 21.4. The Balaban J connectivity index is 1.85. The van der Waals surface area contributed by atoms with Crippen LogP contribution in [0.25, 0.3) is 0 Å². The van der Waals surface area contributed by atoms with Gasteiger partial charge in [-0.2, -0.15) is 0 Å². The van der Waals surface area contributed by atoms with Gasteiger partial charge in [0.05, 0.1) is 23.9 Å². The van der Waals surface area contributed by atoms with E-state index < -0.39 is 83.2 Å². The lowest BCUT2D eigenvalue weighted by molar-refractivity contribution is -0.265. The number of Topliss-reactive ketones (excluding diaryl/α,β-unsaturated/α-hetero) is 1. The lowest BCUT2D eigenvalue weighted by atomic mass is 9.65. The van der Waals surface area contributed by atoms with Crippen LogP contribution in [0.5, 0.6) is 0 Å². The van der Waals surface area contributed by atoms with E-state index in [4.69, 9.17) is 28.4 Å². The number of ether oxygens (including phenoxy) is 6. The average molecular weight is 651 g/mol. The molecular weight excluding hydrogens is 596 g/mol. The summed E-state index contributed by atoms with van der Waals surface area (Å²) in [6.45, 7) is 18.5. The number of imide groups is 1. The Kier molecular flexibility index (Phi) is 10.4. The molecule has 4 rings (SSSR count). The van der Waals surface area contributed by atoms with Crippen LogP contribution >= 0.6 is 0 Å². The minimum Gasteiger partial charge on any atom is -0.458 e. The molecule has 2 amide bonds. The van der Waals surface area contributed by atoms with Crippen LogP contribution in [0.2, 0.25) is 0 Å². The molecule has 0 spiro atoms. The largest absolute Gasteiger partial charge is 0.458 e. The first-order valence-electron chi connectivity index (χ1n) is 16.6. The number of esters is 1. The Morgan fingerprint density at radius 3 is 2.22 bits per heavy atom. The molecule has 0 aromatic heterocycles. The summed E-state index contributed by atoms with van der Waals surface area (Å²) in [6.07, 6.45) is -0.707. The number of carbonyl (C=O) groups excluding carboxylic acids is 4. The normalized spacial score (nSPS) is 45.5. The van der Waals surface area contributed by atoms with Crippen LogP contribution in [0, 0.1) is 23.7 Å². The zero-order chi connectivity index (χ0) is 34.5. The Bertz CT molecular complexity index is 1210. The van der Waals surface area contributed by atoms with Gasteiger partial charge in [-0.15, -0.1) is 0 Å². The smallest absolute Gasteiger partial charge is 0.420 e. The molecule has 0 unspecified atom stereocenters. The number of rotatable bonds is 6. The lowest BCUT2D eigenvalue weighted by Crippen LogP contribution is -2.68. The molecule has 46 heavy (non-hydrogen) atoms. The van der Waals surface area contributed by atoms with Crippen LogP contribution in [0.1, 0.15) is 81.1 Å². The molecule has 0 radical (unpaired) electrons. The number of carbonyl (C=O) groups is 4. The molecule has 4 saturated heterocycles. The van der Waals surface area contributed by atoms with E-state index in [9.17, 15) is 19.2 Å². The SMILES string of the molecule is C=C[C@]12OC(=O)N3C(=O)O[C@](C)([C@@H](CC)OC(=O)[C@H](C)C(=O)[C@H](C)[C@@H](O[C@H]4C[C@@H](N(C)C)C[C@@H](C)O4)[C@](C)(OC)C[C@H]1C)[C@H]3[C@H]2C. The summed E-state index contributed by atoms with van der Waals surface area (Å²) in [5, 5.41) is 0. The average Bonchev–Trinajstić information content (AvgIpc) is 3.29. The van der Waals surface area contributed by atoms with E-state index >= 15 is 0 Å². The molecule has 2 bridgehead atoms. The van der Waals surface area contributed by atoms with Gasteiger partial charge in [-0.25, -0.2) is 14.5 Å². The van der Waals surface area contributed by atoms with Crippen LogP contribution < -0.4 is 0 Å². The van der Waals surface area contributed by atoms with E-state index in [0.29, 0.717) is 6.42 Å². The fraction of sp³-hybridized carbons (Fsp3) is 0.824. The second-order valence-corrected chi connectivity index (χ2v) is 14.5. The molecule has 13 atom stereocenters. The van der Waals surface area contributed by atoms with Gasteiger partial charge < -0.3 is 33.3 Å². The molecule has 4 aliphatic heterocycles. The van der Waals surface area contributed by atoms with Crippen LogP contribution in [0.3, 0.4) is 0 Å². The van der Waals surface area contributed by atoms with E-state index in [1.807, 2.05) is 41.8 Å². The fourth-order valence-corrected chi connectivity index (χ4v) is 8.48. The third-order valence-electron chi connectivity index (χ3n) is 11.3. The van der Waals surface area contributed by atoms with E-state index in [1.165, 1.54) is 6.92 Å². The number of methoxy groups -OCH3 is 1. The summed E-state index contributed by atoms with van der Waals surface area (Å²) < 4.78 is 37.2. The fourth-order valence-electron chi connectivity index (χ4n) is 8.48. The van der Waals surface area contributed by atoms with Crippen molar-refractivity contribution in [2.45, 2.75) is 135 Å². The van der Waals surface area contributed by atoms with Gasteiger partial charge in [-0.3, -0.25) is 9.59 Å². The van der Waals surface area contributed by atoms with Crippen molar-refractivity contribution in [1.82, 2.24) is 9.80 Å². The van der Waals surface area contributed by atoms with Crippen molar-refractivity contribution in [3.05, 3.63) is 12.7 Å². The molecule has 0 aliphatic carbocycles. The standard InChI is InChI=1S/C34H54N2O10/c1-13-24-33(9)27-22(7)34(14-2,46-31(40)36(27)30(39)45-33)18(3)17-32(8,41-12)28(20(5)26(37)21(6)29(38)43-24)44-25-16-23(35(10)11)15-19(4)42-25/h14,18-25,27-28H,2,13,15-17H2,1,3-12H3/t18-,19-,20+,21-,22-,23+,24-,25+,27-,28-,32-,33-,34+/m1/s1. The maximum atomic E-state index is 14.1. The van der Waals surface area contributed by atoms with Crippen LogP contribution in [0.15, 0.2) is 12.7 Å². The highest BCUT2D eigenvalue weighted by Gasteiger charge is 2.68. The van der Waals surface area contributed by atoms with E-state index in [2.05, 4.69) is 11.5 Å². The summed E-state index contributed by atoms with van der Waals surface area (Å²) in [5.74, 6) is -4.08. The van der Waals surface area contributed by atoms with Crippen LogP contribution in [0.4, 0.5) is 9.59 Å². The summed E-state index contributed by atoms with van der Waals surface area (Å²) >= 11 is 0. The highest BCUT2D eigenvalue weighted by molar-refractivity contribution is 6.00. The Morgan fingerprint density at radius 2 is 1.65 bits per heavy atom. The first-order valence-corrected chi connectivity index (χ1v) is 16.6. The van der Waals surface area contributed by atoms with E-state index in [0.717, 1.165) is 11.3 Å². The molecule has 260 valence electrons. The summed E-state index contributed by atoms with van der Waals surface area (Å²) in [6, 6.07) is -0.653. The zero-order valence-electron chi connectivity index (χ0n) is 29.4. The predicted octanol–water partition coefficient (Wildman–Crippen LogP) is 4.73. The van der Waals surface area contributed by atoms with Gasteiger partial charge in [-0.1, -0.05) is 34.3 Å². The molecule has 0 saturated carbocycles. The van der Waals surface area contributed by atoms with Crippen molar-refractivity contribution < 1.29 is 47.6 Å². The van der Waals surface area contributed by atoms with Gasteiger partial charge in [-0.05, 0) is 67.1 Å². The Morgan fingerprint density at radius 1 is 1.02 bits per heavy atom. The van der Waals surface area contributed by atoms with Crippen molar-refractivity contribution >= 4 is 23.9 Å². The number of hydrogen-bond acceptors (Lipinski definition) is 11. The first kappa shape index (κ1) is 36.3. The van der Waals surface area contributed by atoms with Crippen molar-refractivity contribution in [2.75, 3.05) is 21.2 Å². The Labute approximate surface area is 273 Å². The number of nitrogens with zero attached hydrogens (tertiary/aromatic N) is 2. The number of hydrogen-bond donors (Lipinski definition) is 0. The van der Waals surface area contributed by atoms with Gasteiger partial charge in [0.25, 0.3) is 0 Å². The molecule has 0 aromatic rings. The molecule has 12 nitrogen and oxygen atoms in total. The number of cyclic esters (lactones) is 1. The molecule has 4 fully saturated rings. The number of amides is 2. The minimum absolute atomic E-state index is 0.0802. The molecular formula is C34H54N2O10. The summed E-state index contributed by atoms with van der Waals surface area (Å²) in [5.41, 5.74) is -3.83. The maximum Gasteiger partial charge on any atom is 0.420 e. The predicted molar refractivity (Wildman–Crippen MR) is 168 cm³/mol. The second kappa shape index (κ2) is 13.2. The zero-order valence-corrected chi connectivity index (χ0v) is 29.4. The van der Waals surface area contributed by atoms with Crippen molar-refractivity contribution in [3.8, 4) is 0 Å². The molecule has 4 heterocycles. The number of ketones is 1. The van der Waals surface area contributed by atoms with Crippen molar-refractivity contribution in [2.24, 2.45) is 23.7 Å². The van der Waals surface area contributed by atoms with Gasteiger partial charge in [0.15, 0.2) is 17.7 Å². The molecule has 4 aliphatic rings. The minimum atomic E-state index is -1.42. The van der Waals surface area contributed by atoms with E-state index in [-0.39, 0.29) is 30.8 Å². The maximum absolute atomic E-state index is 14.1. The quantitative estimate of drug-likeness (QED) is 0.171. The lowest BCUT2D eigenvalue weighted by Gasteiger charge is -2.53. The van der Waals surface area contributed by atoms with E-state index in [1.54, 1.807) is 34.0 Å². The highest BCUT2D eigenvalue weighted by Crippen LogP contribution is 2.51. The van der Waals surface area contributed by atoms with Crippen molar-refractivity contribution in [3.63, 3.8) is 0 Å². The molecule has 0 aromatic carbocycles. The van der Waals surface area contributed by atoms with Crippen LogP contribution in [-0.4, -0.2) is 108 Å². The monoisotopic (exact) mass is 650 g/mol. The van der Waals surface area contributed by atoms with Gasteiger partial charge in [0.2, 0.25) is 0 Å². The van der Waals surface area contributed by atoms with Crippen molar-refractivity contribution in [1.29, 1.82) is 0 Å². The highest BCUT2D eigenvalue weighted by atomic mass is 16.7.